The standard InChI is InChI=1S/C15H31N3/c1-17(2)14-8-11-18(12-14)15(13-16)9-6-4-3-5-7-10-15/h14H,3-13,16H2,1-2H3. The molecular weight excluding hydrogens is 222 g/mol. The molecule has 1 aliphatic heterocycles. The Morgan fingerprint density at radius 2 is 1.72 bits per heavy atom. The summed E-state index contributed by atoms with van der Waals surface area (Å²) in [6.07, 6.45) is 11.0. The second kappa shape index (κ2) is 6.36. The number of rotatable bonds is 3. The third-order valence-electron chi connectivity index (χ3n) is 5.23. The molecule has 0 aromatic rings. The van der Waals surface area contributed by atoms with Crippen molar-refractivity contribution in [1.82, 2.24) is 9.80 Å². The highest BCUT2D eigenvalue weighted by Gasteiger charge is 2.39. The molecule has 1 unspecified atom stereocenters. The molecule has 0 amide bonds. The van der Waals surface area contributed by atoms with Crippen LogP contribution in [0, 0.1) is 0 Å². The molecule has 3 heteroatoms. The van der Waals surface area contributed by atoms with E-state index >= 15 is 0 Å². The molecule has 1 saturated carbocycles. The highest BCUT2D eigenvalue weighted by atomic mass is 15.3. The van der Waals surface area contributed by atoms with Gasteiger partial charge in [-0.05, 0) is 33.4 Å². The topological polar surface area (TPSA) is 32.5 Å². The first-order valence-electron chi connectivity index (χ1n) is 7.79. The Balaban J connectivity index is 2.01. The maximum absolute atomic E-state index is 6.20. The van der Waals surface area contributed by atoms with Crippen LogP contribution in [0.3, 0.4) is 0 Å². The highest BCUT2D eigenvalue weighted by Crippen LogP contribution is 2.34. The molecule has 0 aromatic carbocycles. The van der Waals surface area contributed by atoms with Gasteiger partial charge in [0.25, 0.3) is 0 Å². The Hall–Kier alpha value is -0.120. The monoisotopic (exact) mass is 253 g/mol. The van der Waals surface area contributed by atoms with Gasteiger partial charge in [-0.25, -0.2) is 0 Å². The van der Waals surface area contributed by atoms with E-state index in [2.05, 4.69) is 23.9 Å². The predicted octanol–water partition coefficient (Wildman–Crippen LogP) is 2.06. The molecule has 0 aromatic heterocycles. The minimum absolute atomic E-state index is 0.325. The lowest BCUT2D eigenvalue weighted by atomic mass is 9.82. The predicted molar refractivity (Wildman–Crippen MR) is 77.8 cm³/mol. The molecule has 0 radical (unpaired) electrons. The average molecular weight is 253 g/mol. The van der Waals surface area contributed by atoms with Gasteiger partial charge in [0, 0.05) is 31.2 Å². The van der Waals surface area contributed by atoms with Gasteiger partial charge in [0.15, 0.2) is 0 Å². The van der Waals surface area contributed by atoms with Gasteiger partial charge in [0.05, 0.1) is 0 Å². The van der Waals surface area contributed by atoms with Crippen LogP contribution in [0.15, 0.2) is 0 Å². The number of likely N-dealkylation sites (N-methyl/N-ethyl adjacent to an activating group) is 1. The van der Waals surface area contributed by atoms with Crippen molar-refractivity contribution >= 4 is 0 Å². The maximum atomic E-state index is 6.20. The zero-order valence-electron chi connectivity index (χ0n) is 12.3. The fourth-order valence-corrected chi connectivity index (χ4v) is 3.81. The number of hydrogen-bond acceptors (Lipinski definition) is 3. The first kappa shape index (κ1) is 14.3. The van der Waals surface area contributed by atoms with Crippen LogP contribution in [-0.2, 0) is 0 Å². The van der Waals surface area contributed by atoms with Gasteiger partial charge in [-0.15, -0.1) is 0 Å². The molecule has 1 atom stereocenters. The summed E-state index contributed by atoms with van der Waals surface area (Å²) >= 11 is 0. The van der Waals surface area contributed by atoms with Crippen LogP contribution >= 0.6 is 0 Å². The van der Waals surface area contributed by atoms with Crippen LogP contribution in [0.25, 0.3) is 0 Å². The summed E-state index contributed by atoms with van der Waals surface area (Å²) in [6, 6.07) is 0.735. The van der Waals surface area contributed by atoms with Gasteiger partial charge in [0.2, 0.25) is 0 Å². The average Bonchev–Trinajstić information content (AvgIpc) is 2.80. The molecule has 2 rings (SSSR count). The van der Waals surface area contributed by atoms with Gasteiger partial charge in [0.1, 0.15) is 0 Å². The number of nitrogens with zero attached hydrogens (tertiary/aromatic N) is 2. The molecule has 0 spiro atoms. The molecule has 2 N–H and O–H groups in total. The first-order valence-corrected chi connectivity index (χ1v) is 7.79. The molecule has 1 aliphatic carbocycles. The number of likely N-dealkylation sites (tertiary alicyclic amines) is 1. The van der Waals surface area contributed by atoms with E-state index in [1.165, 1.54) is 64.5 Å². The lowest BCUT2D eigenvalue weighted by Crippen LogP contribution is -2.54. The van der Waals surface area contributed by atoms with Gasteiger partial charge in [-0.3, -0.25) is 4.90 Å². The molecule has 2 aliphatic rings. The van der Waals surface area contributed by atoms with Gasteiger partial charge >= 0.3 is 0 Å². The summed E-state index contributed by atoms with van der Waals surface area (Å²) in [5.41, 5.74) is 6.53. The largest absolute Gasteiger partial charge is 0.329 e. The van der Waals surface area contributed by atoms with E-state index in [-0.39, 0.29) is 0 Å². The van der Waals surface area contributed by atoms with Gasteiger partial charge < -0.3 is 10.6 Å². The normalized spacial score (nSPS) is 30.3. The van der Waals surface area contributed by atoms with Crippen molar-refractivity contribution in [3.63, 3.8) is 0 Å². The minimum atomic E-state index is 0.325. The Bertz CT molecular complexity index is 244. The lowest BCUT2D eigenvalue weighted by molar-refractivity contribution is 0.0845. The van der Waals surface area contributed by atoms with Crippen molar-refractivity contribution in [3.05, 3.63) is 0 Å². The molecule has 18 heavy (non-hydrogen) atoms. The third kappa shape index (κ3) is 3.06. The van der Waals surface area contributed by atoms with Gasteiger partial charge in [-0.1, -0.05) is 32.1 Å². The van der Waals surface area contributed by atoms with Crippen molar-refractivity contribution < 1.29 is 0 Å². The molecule has 1 heterocycles. The van der Waals surface area contributed by atoms with Crippen molar-refractivity contribution in [3.8, 4) is 0 Å². The lowest BCUT2D eigenvalue weighted by Gasteiger charge is -2.43. The molecule has 3 nitrogen and oxygen atoms in total. The van der Waals surface area contributed by atoms with Crippen LogP contribution in [0.5, 0.6) is 0 Å². The van der Waals surface area contributed by atoms with Crippen molar-refractivity contribution in [2.45, 2.75) is 62.9 Å². The van der Waals surface area contributed by atoms with Crippen LogP contribution in [0.1, 0.15) is 51.4 Å². The quantitative estimate of drug-likeness (QED) is 0.836. The maximum Gasteiger partial charge on any atom is 0.0332 e. The second-order valence-electron chi connectivity index (χ2n) is 6.55. The first-order chi connectivity index (χ1) is 8.68. The van der Waals surface area contributed by atoms with Crippen LogP contribution < -0.4 is 5.73 Å². The van der Waals surface area contributed by atoms with Crippen molar-refractivity contribution in [2.75, 3.05) is 33.7 Å². The molecule has 2 fully saturated rings. The Morgan fingerprint density at radius 3 is 2.22 bits per heavy atom. The van der Waals surface area contributed by atoms with E-state index in [1.807, 2.05) is 0 Å². The summed E-state index contributed by atoms with van der Waals surface area (Å²) in [5.74, 6) is 0. The summed E-state index contributed by atoms with van der Waals surface area (Å²) in [4.78, 5) is 5.11. The second-order valence-corrected chi connectivity index (χ2v) is 6.55. The van der Waals surface area contributed by atoms with Crippen LogP contribution in [0.4, 0.5) is 0 Å². The van der Waals surface area contributed by atoms with Crippen LogP contribution in [-0.4, -0.2) is 55.1 Å². The summed E-state index contributed by atoms with van der Waals surface area (Å²) in [6.45, 7) is 3.33. The molecule has 106 valence electrons. The van der Waals surface area contributed by atoms with Crippen molar-refractivity contribution in [2.24, 2.45) is 5.73 Å². The van der Waals surface area contributed by atoms with E-state index in [0.29, 0.717) is 5.54 Å². The fraction of sp³-hybridized carbons (Fsp3) is 1.00. The zero-order chi connectivity index (χ0) is 13.0. The third-order valence-corrected chi connectivity index (χ3v) is 5.23. The van der Waals surface area contributed by atoms with E-state index in [9.17, 15) is 0 Å². The molecular formula is C15H31N3. The highest BCUT2D eigenvalue weighted by molar-refractivity contribution is 4.97. The summed E-state index contributed by atoms with van der Waals surface area (Å²) in [5, 5.41) is 0. The zero-order valence-corrected chi connectivity index (χ0v) is 12.3. The Morgan fingerprint density at radius 1 is 1.11 bits per heavy atom. The number of nitrogens with two attached hydrogens (primary N) is 1. The smallest absolute Gasteiger partial charge is 0.0332 e. The van der Waals surface area contributed by atoms with Crippen molar-refractivity contribution in [1.29, 1.82) is 0 Å². The molecule has 0 bridgehead atoms. The fourth-order valence-electron chi connectivity index (χ4n) is 3.81. The van der Waals surface area contributed by atoms with E-state index in [1.54, 1.807) is 0 Å². The Kier molecular flexibility index (Phi) is 5.05. The van der Waals surface area contributed by atoms with E-state index < -0.39 is 0 Å². The van der Waals surface area contributed by atoms with E-state index in [0.717, 1.165) is 12.6 Å². The summed E-state index contributed by atoms with van der Waals surface area (Å²) < 4.78 is 0. The van der Waals surface area contributed by atoms with Crippen LogP contribution in [0.2, 0.25) is 0 Å². The SMILES string of the molecule is CN(C)C1CCN(C2(CN)CCCCCCC2)C1. The summed E-state index contributed by atoms with van der Waals surface area (Å²) in [7, 11) is 4.42. The Labute approximate surface area is 113 Å². The minimum Gasteiger partial charge on any atom is -0.329 e. The number of hydrogen-bond donors (Lipinski definition) is 1. The van der Waals surface area contributed by atoms with Gasteiger partial charge in [-0.2, -0.15) is 0 Å². The van der Waals surface area contributed by atoms with E-state index in [4.69, 9.17) is 5.73 Å². The molecule has 1 saturated heterocycles.